The molecule has 0 atom stereocenters. The van der Waals surface area contributed by atoms with Gasteiger partial charge in [0, 0.05) is 17.0 Å². The fraction of sp³-hybridized carbons (Fsp3) is 0.118. The molecule has 0 unspecified atom stereocenters. The first kappa shape index (κ1) is 12.9. The van der Waals surface area contributed by atoms with Crippen molar-refractivity contribution in [3.63, 3.8) is 0 Å². The van der Waals surface area contributed by atoms with Crippen molar-refractivity contribution in [2.75, 3.05) is 0 Å². The zero-order chi connectivity index (χ0) is 13.9. The van der Waals surface area contributed by atoms with E-state index < -0.39 is 0 Å². The number of halogens is 1. The molecule has 100 valence electrons. The molecule has 0 aliphatic rings. The van der Waals surface area contributed by atoms with Gasteiger partial charge >= 0.3 is 0 Å². The summed E-state index contributed by atoms with van der Waals surface area (Å²) in [7, 11) is 0. The first-order chi connectivity index (χ1) is 9.76. The van der Waals surface area contributed by atoms with E-state index in [9.17, 15) is 0 Å². The zero-order valence-electron chi connectivity index (χ0n) is 11.1. The number of aromatic nitrogens is 1. The van der Waals surface area contributed by atoms with Crippen LogP contribution in [0.3, 0.4) is 0 Å². The number of hydrogen-bond acceptors (Lipinski definition) is 2. The predicted molar refractivity (Wildman–Crippen MR) is 82.6 cm³/mol. The van der Waals surface area contributed by atoms with Crippen LogP contribution >= 0.6 is 11.6 Å². The zero-order valence-corrected chi connectivity index (χ0v) is 11.9. The van der Waals surface area contributed by atoms with Crippen molar-refractivity contribution in [1.82, 2.24) is 4.98 Å². The molecule has 0 radical (unpaired) electrons. The predicted octanol–water partition coefficient (Wildman–Crippen LogP) is 5.07. The van der Waals surface area contributed by atoms with Gasteiger partial charge in [-0.2, -0.15) is 0 Å². The Morgan fingerprint density at radius 3 is 2.55 bits per heavy atom. The molecule has 0 spiro atoms. The number of alkyl halides is 1. The van der Waals surface area contributed by atoms with Crippen LogP contribution in [0.2, 0.25) is 0 Å². The van der Waals surface area contributed by atoms with Crippen LogP contribution in [0.5, 0.6) is 11.5 Å². The van der Waals surface area contributed by atoms with Crippen molar-refractivity contribution in [1.29, 1.82) is 0 Å². The number of benzene rings is 2. The van der Waals surface area contributed by atoms with Gasteiger partial charge in [0.2, 0.25) is 0 Å². The van der Waals surface area contributed by atoms with Crippen molar-refractivity contribution >= 4 is 22.5 Å². The minimum atomic E-state index is 0.509. The molecule has 0 amide bonds. The highest BCUT2D eigenvalue weighted by molar-refractivity contribution is 6.17. The van der Waals surface area contributed by atoms with Crippen LogP contribution in [-0.2, 0) is 5.88 Å². The maximum atomic E-state index is 5.94. The average Bonchev–Trinajstić information content (AvgIpc) is 2.49. The molecule has 3 rings (SSSR count). The second-order valence-electron chi connectivity index (χ2n) is 4.66. The van der Waals surface area contributed by atoms with Gasteiger partial charge in [0.05, 0.1) is 0 Å². The molecule has 0 saturated carbocycles. The van der Waals surface area contributed by atoms with E-state index in [0.29, 0.717) is 5.88 Å². The van der Waals surface area contributed by atoms with Crippen LogP contribution in [0.25, 0.3) is 10.9 Å². The normalized spacial score (nSPS) is 10.7. The molecule has 0 aliphatic carbocycles. The maximum absolute atomic E-state index is 5.94. The fourth-order valence-electron chi connectivity index (χ4n) is 2.07. The standard InChI is InChI=1S/C17H14ClNO/c1-12-5-8-14-3-2-4-16(17(14)19-12)20-15-9-6-13(11-18)7-10-15/h2-10H,11H2,1H3. The molecule has 1 aromatic heterocycles. The van der Waals surface area contributed by atoms with Crippen LogP contribution in [0.15, 0.2) is 54.6 Å². The van der Waals surface area contributed by atoms with Gasteiger partial charge in [0.15, 0.2) is 5.75 Å². The molecule has 3 aromatic rings. The lowest BCUT2D eigenvalue weighted by atomic mass is 10.2. The Balaban J connectivity index is 1.99. The van der Waals surface area contributed by atoms with Gasteiger partial charge in [0.25, 0.3) is 0 Å². The van der Waals surface area contributed by atoms with Gasteiger partial charge in [-0.1, -0.05) is 30.3 Å². The second kappa shape index (κ2) is 5.51. The monoisotopic (exact) mass is 283 g/mol. The number of pyridine rings is 1. The summed E-state index contributed by atoms with van der Waals surface area (Å²) in [5.74, 6) is 2.06. The van der Waals surface area contributed by atoms with Crippen LogP contribution in [-0.4, -0.2) is 4.98 Å². The Bertz CT molecular complexity index is 738. The Morgan fingerprint density at radius 2 is 1.80 bits per heavy atom. The first-order valence-corrected chi connectivity index (χ1v) is 6.99. The SMILES string of the molecule is Cc1ccc2cccc(Oc3ccc(CCl)cc3)c2n1. The maximum Gasteiger partial charge on any atom is 0.153 e. The van der Waals surface area contributed by atoms with Gasteiger partial charge in [-0.05, 0) is 36.8 Å². The Hall–Kier alpha value is -2.06. The van der Waals surface area contributed by atoms with Crippen molar-refractivity contribution in [2.24, 2.45) is 0 Å². The minimum absolute atomic E-state index is 0.509. The van der Waals surface area contributed by atoms with Crippen molar-refractivity contribution < 1.29 is 4.74 Å². The summed E-state index contributed by atoms with van der Waals surface area (Å²) >= 11 is 5.78. The molecule has 2 nitrogen and oxygen atoms in total. The summed E-state index contributed by atoms with van der Waals surface area (Å²) in [6, 6.07) is 17.8. The number of para-hydroxylation sites is 1. The summed E-state index contributed by atoms with van der Waals surface area (Å²) in [6.45, 7) is 1.98. The van der Waals surface area contributed by atoms with Crippen molar-refractivity contribution in [3.05, 3.63) is 65.9 Å². The molecule has 0 N–H and O–H groups in total. The molecule has 0 saturated heterocycles. The first-order valence-electron chi connectivity index (χ1n) is 6.45. The molecule has 0 fully saturated rings. The number of aryl methyl sites for hydroxylation is 1. The minimum Gasteiger partial charge on any atom is -0.455 e. The summed E-state index contributed by atoms with van der Waals surface area (Å²) in [4.78, 5) is 4.56. The van der Waals surface area contributed by atoms with Gasteiger partial charge < -0.3 is 4.74 Å². The molecule has 3 heteroatoms. The number of ether oxygens (including phenoxy) is 1. The summed E-state index contributed by atoms with van der Waals surface area (Å²) in [5.41, 5.74) is 2.94. The third-order valence-electron chi connectivity index (χ3n) is 3.13. The van der Waals surface area contributed by atoms with E-state index in [1.165, 1.54) is 0 Å². The van der Waals surface area contributed by atoms with Crippen LogP contribution in [0.4, 0.5) is 0 Å². The third kappa shape index (κ3) is 2.61. The van der Waals surface area contributed by atoms with E-state index in [4.69, 9.17) is 16.3 Å². The topological polar surface area (TPSA) is 22.1 Å². The molecular weight excluding hydrogens is 270 g/mol. The molecule has 0 bridgehead atoms. The Kier molecular flexibility index (Phi) is 3.57. The number of fused-ring (bicyclic) bond motifs is 1. The lowest BCUT2D eigenvalue weighted by Crippen LogP contribution is -1.90. The fourth-order valence-corrected chi connectivity index (χ4v) is 2.25. The van der Waals surface area contributed by atoms with E-state index in [0.717, 1.165) is 33.7 Å². The highest BCUT2D eigenvalue weighted by Gasteiger charge is 2.05. The van der Waals surface area contributed by atoms with E-state index in [-0.39, 0.29) is 0 Å². The van der Waals surface area contributed by atoms with E-state index >= 15 is 0 Å². The average molecular weight is 284 g/mol. The van der Waals surface area contributed by atoms with Gasteiger partial charge in [-0.25, -0.2) is 4.98 Å². The van der Waals surface area contributed by atoms with E-state index in [1.54, 1.807) is 0 Å². The molecule has 0 aliphatic heterocycles. The van der Waals surface area contributed by atoms with Gasteiger partial charge in [-0.15, -0.1) is 11.6 Å². The third-order valence-corrected chi connectivity index (χ3v) is 3.44. The quantitative estimate of drug-likeness (QED) is 0.626. The summed E-state index contributed by atoms with van der Waals surface area (Å²) in [6.07, 6.45) is 0. The number of hydrogen-bond donors (Lipinski definition) is 0. The van der Waals surface area contributed by atoms with E-state index in [1.807, 2.05) is 55.5 Å². The highest BCUT2D eigenvalue weighted by atomic mass is 35.5. The highest BCUT2D eigenvalue weighted by Crippen LogP contribution is 2.29. The number of nitrogens with zero attached hydrogens (tertiary/aromatic N) is 1. The van der Waals surface area contributed by atoms with Crippen LogP contribution in [0, 0.1) is 6.92 Å². The lowest BCUT2D eigenvalue weighted by molar-refractivity contribution is 0.487. The molecule has 1 heterocycles. The summed E-state index contributed by atoms with van der Waals surface area (Å²) < 4.78 is 5.94. The smallest absolute Gasteiger partial charge is 0.153 e. The van der Waals surface area contributed by atoms with E-state index in [2.05, 4.69) is 11.1 Å². The molecule has 20 heavy (non-hydrogen) atoms. The second-order valence-corrected chi connectivity index (χ2v) is 4.93. The van der Waals surface area contributed by atoms with Gasteiger partial charge in [0.1, 0.15) is 11.3 Å². The molecule has 2 aromatic carbocycles. The molecular formula is C17H14ClNO. The summed E-state index contributed by atoms with van der Waals surface area (Å²) in [5, 5.41) is 1.07. The van der Waals surface area contributed by atoms with Crippen LogP contribution < -0.4 is 4.74 Å². The van der Waals surface area contributed by atoms with Gasteiger partial charge in [-0.3, -0.25) is 0 Å². The number of rotatable bonds is 3. The largest absolute Gasteiger partial charge is 0.455 e. The lowest BCUT2D eigenvalue weighted by Gasteiger charge is -2.09. The Morgan fingerprint density at radius 1 is 1.00 bits per heavy atom. The van der Waals surface area contributed by atoms with Crippen LogP contribution in [0.1, 0.15) is 11.3 Å². The van der Waals surface area contributed by atoms with Crippen molar-refractivity contribution in [2.45, 2.75) is 12.8 Å². The van der Waals surface area contributed by atoms with Crippen molar-refractivity contribution in [3.8, 4) is 11.5 Å². The Labute approximate surface area is 123 Å².